The first kappa shape index (κ1) is 45.3. The highest BCUT2D eigenvalue weighted by Crippen LogP contribution is 2.48. The van der Waals surface area contributed by atoms with Gasteiger partial charge in [0, 0.05) is 20.1 Å². The van der Waals surface area contributed by atoms with Crippen molar-refractivity contribution in [1.29, 1.82) is 0 Å². The second-order valence-electron chi connectivity index (χ2n) is 15.4. The average Bonchev–Trinajstić information content (AvgIpc) is 3.93. The molecule has 1 aliphatic heterocycles. The maximum Gasteiger partial charge on any atom is 0.290 e. The number of primary amides is 1. The second-order valence-corrected chi connectivity index (χ2v) is 15.4. The molecule has 4 rings (SSSR count). The number of Topliss-reactive ketones (excluding diaryl/α,β-unsaturated/α-hetero) is 1. The van der Waals surface area contributed by atoms with E-state index in [1.807, 2.05) is 37.3 Å². The molecule has 16 nitrogen and oxygen atoms in total. The summed E-state index contributed by atoms with van der Waals surface area (Å²) in [5.41, 5.74) is 5.59. The molecule has 0 radical (unpaired) electrons. The Labute approximate surface area is 335 Å². The highest BCUT2D eigenvalue weighted by molar-refractivity contribution is 6.38. The number of rotatable bonds is 24. The standard InChI is InChI=1S/C41H62N6O10/c1-4-6-18-31(36(42)50)44-33(48)24-43-38(52)35(49)30(13-5-2)45-37(51)32-23-29(57-26-56-22-21-55-3)25-47(32)39(53)34(27-14-9-7-10-15-27)46-40(54)41(19-20-41)28-16-11-8-12-17-28/h8,11-12,16-17,27,29-32,34H,4-7,9-10,13-15,18-26H2,1-3H3,(H2,42,50)(H,43,52)(H,44,48)(H,45,51)(H,46,54)/t29-,30?,31?,32+,34?/m1/s1. The third-order valence-electron chi connectivity index (χ3n) is 11.2. The van der Waals surface area contributed by atoms with Crippen LogP contribution in [0.2, 0.25) is 0 Å². The summed E-state index contributed by atoms with van der Waals surface area (Å²) in [7, 11) is 1.55. The van der Waals surface area contributed by atoms with Gasteiger partial charge in [0.05, 0.1) is 37.3 Å². The Bertz CT molecular complexity index is 1530. The Morgan fingerprint density at radius 3 is 2.25 bits per heavy atom. The normalized spacial score (nSPS) is 20.4. The van der Waals surface area contributed by atoms with Crippen molar-refractivity contribution in [3.05, 3.63) is 35.9 Å². The average molecular weight is 799 g/mol. The number of ketones is 1. The predicted molar refractivity (Wildman–Crippen MR) is 209 cm³/mol. The first-order valence-electron chi connectivity index (χ1n) is 20.5. The van der Waals surface area contributed by atoms with E-state index in [1.165, 1.54) is 4.90 Å². The van der Waals surface area contributed by atoms with Crippen LogP contribution in [0.1, 0.15) is 103 Å². The molecule has 3 aliphatic rings. The van der Waals surface area contributed by atoms with E-state index in [4.69, 9.17) is 19.9 Å². The number of likely N-dealkylation sites (tertiary alicyclic amines) is 1. The zero-order valence-corrected chi connectivity index (χ0v) is 33.7. The topological polar surface area (TPSA) is 225 Å². The van der Waals surface area contributed by atoms with Gasteiger partial charge in [-0.25, -0.2) is 0 Å². The van der Waals surface area contributed by atoms with Crippen molar-refractivity contribution in [2.75, 3.05) is 40.2 Å². The van der Waals surface area contributed by atoms with Crippen LogP contribution in [0, 0.1) is 5.92 Å². The fourth-order valence-corrected chi connectivity index (χ4v) is 7.76. The molecule has 316 valence electrons. The molecular formula is C41H62N6O10. The third-order valence-corrected chi connectivity index (χ3v) is 11.2. The highest BCUT2D eigenvalue weighted by atomic mass is 16.7. The zero-order valence-electron chi connectivity index (χ0n) is 33.7. The maximum atomic E-state index is 14.7. The van der Waals surface area contributed by atoms with E-state index < -0.39 is 77.6 Å². The Morgan fingerprint density at radius 2 is 1.61 bits per heavy atom. The monoisotopic (exact) mass is 798 g/mol. The van der Waals surface area contributed by atoms with Crippen LogP contribution in [-0.2, 0) is 53.2 Å². The molecule has 3 fully saturated rings. The lowest BCUT2D eigenvalue weighted by atomic mass is 9.82. The van der Waals surface area contributed by atoms with E-state index in [0.29, 0.717) is 38.7 Å². The molecule has 0 spiro atoms. The van der Waals surface area contributed by atoms with Crippen molar-refractivity contribution in [1.82, 2.24) is 26.2 Å². The Kier molecular flexibility index (Phi) is 17.9. The molecule has 1 heterocycles. The summed E-state index contributed by atoms with van der Waals surface area (Å²) in [6.07, 6.45) is 7.49. The van der Waals surface area contributed by atoms with Gasteiger partial charge in [0.1, 0.15) is 24.9 Å². The van der Waals surface area contributed by atoms with Gasteiger partial charge < -0.3 is 46.1 Å². The molecular weight excluding hydrogens is 736 g/mol. The maximum absolute atomic E-state index is 14.7. The lowest BCUT2D eigenvalue weighted by molar-refractivity contribution is -0.145. The summed E-state index contributed by atoms with van der Waals surface area (Å²) in [6.45, 7) is 3.71. The highest BCUT2D eigenvalue weighted by Gasteiger charge is 2.53. The van der Waals surface area contributed by atoms with Crippen molar-refractivity contribution < 1.29 is 47.8 Å². The van der Waals surface area contributed by atoms with Gasteiger partial charge in [-0.1, -0.05) is 82.7 Å². The summed E-state index contributed by atoms with van der Waals surface area (Å²) < 4.78 is 16.5. The summed E-state index contributed by atoms with van der Waals surface area (Å²) in [5, 5.41) is 10.6. The molecule has 2 aliphatic carbocycles. The van der Waals surface area contributed by atoms with Crippen LogP contribution in [0.25, 0.3) is 0 Å². The van der Waals surface area contributed by atoms with Crippen LogP contribution in [0.4, 0.5) is 0 Å². The number of nitrogens with one attached hydrogen (secondary N) is 4. The summed E-state index contributed by atoms with van der Waals surface area (Å²) in [6, 6.07) is 5.42. The van der Waals surface area contributed by atoms with E-state index in [1.54, 1.807) is 14.0 Å². The minimum Gasteiger partial charge on any atom is -0.382 e. The molecule has 0 bridgehead atoms. The SMILES string of the molecule is CCCCC(NC(=O)CNC(=O)C(=O)C(CCC)NC(=O)[C@@H]1C[C@@H](OCOCCOC)CN1C(=O)C(NC(=O)C1(c2ccccc2)CC1)C1CCCCC1)C(N)=O. The van der Waals surface area contributed by atoms with E-state index in [2.05, 4.69) is 21.3 Å². The minimum atomic E-state index is -1.25. The molecule has 1 aromatic carbocycles. The number of hydrogen-bond acceptors (Lipinski definition) is 10. The molecule has 6 N–H and O–H groups in total. The molecule has 2 saturated carbocycles. The van der Waals surface area contributed by atoms with Gasteiger partial charge in [-0.3, -0.25) is 33.6 Å². The smallest absolute Gasteiger partial charge is 0.290 e. The fourth-order valence-electron chi connectivity index (χ4n) is 7.76. The van der Waals surface area contributed by atoms with Crippen LogP contribution in [0.3, 0.4) is 0 Å². The Morgan fingerprint density at radius 1 is 0.895 bits per heavy atom. The van der Waals surface area contributed by atoms with Gasteiger partial charge >= 0.3 is 0 Å². The van der Waals surface area contributed by atoms with Gasteiger partial charge in [0.15, 0.2) is 0 Å². The first-order valence-corrected chi connectivity index (χ1v) is 20.5. The molecule has 16 heteroatoms. The third kappa shape index (κ3) is 12.8. The van der Waals surface area contributed by atoms with Crippen LogP contribution in [-0.4, -0.2) is 117 Å². The van der Waals surface area contributed by atoms with E-state index in [9.17, 15) is 33.6 Å². The summed E-state index contributed by atoms with van der Waals surface area (Å²) in [4.78, 5) is 95.1. The second kappa shape index (κ2) is 22.5. The van der Waals surface area contributed by atoms with Crippen molar-refractivity contribution in [3.63, 3.8) is 0 Å². The number of methoxy groups -OCH3 is 1. The van der Waals surface area contributed by atoms with Crippen LogP contribution in [0.5, 0.6) is 0 Å². The molecule has 0 aromatic heterocycles. The molecule has 3 unspecified atom stereocenters. The number of amides is 6. The molecule has 1 saturated heterocycles. The predicted octanol–water partition coefficient (Wildman–Crippen LogP) is 1.52. The van der Waals surface area contributed by atoms with Crippen molar-refractivity contribution in [2.24, 2.45) is 11.7 Å². The van der Waals surface area contributed by atoms with Crippen molar-refractivity contribution in [2.45, 2.75) is 133 Å². The summed E-state index contributed by atoms with van der Waals surface area (Å²) >= 11 is 0. The van der Waals surface area contributed by atoms with Crippen molar-refractivity contribution in [3.8, 4) is 0 Å². The number of ether oxygens (including phenoxy) is 3. The Balaban J connectivity index is 1.50. The lowest BCUT2D eigenvalue weighted by Gasteiger charge is -2.35. The minimum absolute atomic E-state index is 0.0417. The van der Waals surface area contributed by atoms with Crippen LogP contribution in [0.15, 0.2) is 30.3 Å². The van der Waals surface area contributed by atoms with E-state index in [0.717, 1.165) is 44.1 Å². The van der Waals surface area contributed by atoms with Crippen LogP contribution >= 0.6 is 0 Å². The number of hydrogen-bond donors (Lipinski definition) is 5. The first-order chi connectivity index (χ1) is 27.4. The number of carbonyl (C=O) groups excluding carboxylic acids is 7. The lowest BCUT2D eigenvalue weighted by Crippen LogP contribution is -2.59. The zero-order chi connectivity index (χ0) is 41.4. The quantitative estimate of drug-likeness (QED) is 0.0576. The van der Waals surface area contributed by atoms with Gasteiger partial charge in [-0.05, 0) is 50.0 Å². The van der Waals surface area contributed by atoms with Gasteiger partial charge in [-0.15, -0.1) is 0 Å². The summed E-state index contributed by atoms with van der Waals surface area (Å²) in [5.74, 6) is -4.85. The number of benzene rings is 1. The molecule has 1 aromatic rings. The number of nitrogens with zero attached hydrogens (tertiary/aromatic N) is 1. The van der Waals surface area contributed by atoms with E-state index >= 15 is 0 Å². The molecule has 6 amide bonds. The fraction of sp³-hybridized carbons (Fsp3) is 0.683. The van der Waals surface area contributed by atoms with Gasteiger partial charge in [0.2, 0.25) is 35.3 Å². The van der Waals surface area contributed by atoms with Gasteiger partial charge in [-0.2, -0.15) is 0 Å². The van der Waals surface area contributed by atoms with Crippen molar-refractivity contribution >= 4 is 41.2 Å². The van der Waals surface area contributed by atoms with Gasteiger partial charge in [0.25, 0.3) is 5.91 Å². The Hall–Kier alpha value is -4.41. The molecule has 57 heavy (non-hydrogen) atoms. The molecule has 5 atom stereocenters. The van der Waals surface area contributed by atoms with E-state index in [-0.39, 0.29) is 44.6 Å². The number of nitrogens with two attached hydrogens (primary N) is 1. The largest absolute Gasteiger partial charge is 0.382 e. The number of carbonyl (C=O) groups is 7. The van der Waals surface area contributed by atoms with Crippen LogP contribution < -0.4 is 27.0 Å². The number of unbranched alkanes of at least 4 members (excludes halogenated alkanes) is 1.